The second-order valence-electron chi connectivity index (χ2n) is 3.99. The van der Waals surface area contributed by atoms with Crippen LogP contribution in [0.4, 0.5) is 5.69 Å². The molecular weight excluding hydrogens is 369 g/mol. The summed E-state index contributed by atoms with van der Waals surface area (Å²) in [5, 5.41) is 0. The second-order valence-corrected chi connectivity index (χ2v) is 5.24. The van der Waals surface area contributed by atoms with Crippen molar-refractivity contribution in [3.05, 3.63) is 51.6 Å². The molecule has 5 heteroatoms. The summed E-state index contributed by atoms with van der Waals surface area (Å²) in [6.45, 7) is 2.06. The van der Waals surface area contributed by atoms with Gasteiger partial charge >= 0.3 is 5.97 Å². The van der Waals surface area contributed by atoms with E-state index in [1.54, 1.807) is 25.1 Å². The van der Waals surface area contributed by atoms with Gasteiger partial charge in [-0.1, -0.05) is 6.07 Å². The summed E-state index contributed by atoms with van der Waals surface area (Å²) in [5.74, 6) is 0.660. The van der Waals surface area contributed by atoms with Gasteiger partial charge in [0.2, 0.25) is 0 Å². The summed E-state index contributed by atoms with van der Waals surface area (Å²) in [4.78, 5) is 11.8. The van der Waals surface area contributed by atoms with Gasteiger partial charge < -0.3 is 15.2 Å². The van der Waals surface area contributed by atoms with Crippen LogP contribution < -0.4 is 10.5 Å². The quantitative estimate of drug-likeness (QED) is 0.495. The molecule has 0 aromatic heterocycles. The van der Waals surface area contributed by atoms with Crippen LogP contribution in [0.25, 0.3) is 0 Å². The van der Waals surface area contributed by atoms with E-state index < -0.39 is 5.97 Å². The fraction of sp³-hybridized carbons (Fsp3) is 0.133. The van der Waals surface area contributed by atoms with Gasteiger partial charge in [0.15, 0.2) is 5.75 Å². The minimum atomic E-state index is -0.446. The van der Waals surface area contributed by atoms with E-state index in [1.165, 1.54) is 0 Å². The molecule has 20 heavy (non-hydrogen) atoms. The van der Waals surface area contributed by atoms with E-state index in [0.29, 0.717) is 23.7 Å². The predicted octanol–water partition coefficient (Wildman–Crippen LogP) is 3.84. The third-order valence-corrected chi connectivity index (χ3v) is 3.32. The molecule has 0 amide bonds. The first-order chi connectivity index (χ1) is 9.61. The molecule has 0 aliphatic heterocycles. The lowest BCUT2D eigenvalue weighted by Crippen LogP contribution is -2.08. The zero-order valence-electron chi connectivity index (χ0n) is 10.9. The monoisotopic (exact) mass is 383 g/mol. The Hall–Kier alpha value is -1.76. The maximum atomic E-state index is 11.8. The van der Waals surface area contributed by atoms with Crippen molar-refractivity contribution in [2.24, 2.45) is 0 Å². The number of halogens is 1. The van der Waals surface area contributed by atoms with Crippen molar-refractivity contribution < 1.29 is 14.3 Å². The Morgan fingerprint density at radius 1 is 1.20 bits per heavy atom. The summed E-state index contributed by atoms with van der Waals surface area (Å²) < 4.78 is 11.8. The molecule has 0 saturated heterocycles. The Morgan fingerprint density at radius 2 is 1.90 bits per heavy atom. The lowest BCUT2D eigenvalue weighted by atomic mass is 10.1. The Kier molecular flexibility index (Phi) is 4.84. The summed E-state index contributed by atoms with van der Waals surface area (Å²) in [5.41, 5.74) is 6.56. The molecule has 0 radical (unpaired) electrons. The fourth-order valence-corrected chi connectivity index (χ4v) is 2.01. The van der Waals surface area contributed by atoms with E-state index >= 15 is 0 Å². The summed E-state index contributed by atoms with van der Waals surface area (Å²) in [6.07, 6.45) is 0. The maximum Gasteiger partial charge on any atom is 0.340 e. The molecule has 0 atom stereocenters. The number of carbonyl (C=O) groups is 1. The summed E-state index contributed by atoms with van der Waals surface area (Å²) in [6, 6.07) is 12.6. The van der Waals surface area contributed by atoms with Gasteiger partial charge in [-0.05, 0) is 65.9 Å². The molecule has 2 N–H and O–H groups in total. The van der Waals surface area contributed by atoms with Crippen molar-refractivity contribution in [1.29, 1.82) is 0 Å². The molecule has 0 fully saturated rings. The number of esters is 1. The average Bonchev–Trinajstić information content (AvgIpc) is 2.44. The maximum absolute atomic E-state index is 11.8. The third-order valence-electron chi connectivity index (χ3n) is 2.60. The first kappa shape index (κ1) is 14.6. The number of carbonyl (C=O) groups excluding carboxylic acids is 1. The highest BCUT2D eigenvalue weighted by Crippen LogP contribution is 2.30. The number of hydrogen-bond donors (Lipinski definition) is 1. The van der Waals surface area contributed by atoms with Crippen molar-refractivity contribution in [1.82, 2.24) is 0 Å². The Balaban J connectivity index is 2.26. The summed E-state index contributed by atoms with van der Waals surface area (Å²) in [7, 11) is 0. The SMILES string of the molecule is CCOC(=O)c1cccc(Oc2ccc(I)cc2)c1N. The average molecular weight is 383 g/mol. The van der Waals surface area contributed by atoms with Crippen LogP contribution in [0.2, 0.25) is 0 Å². The Labute approximate surface area is 131 Å². The van der Waals surface area contributed by atoms with Crippen molar-refractivity contribution >= 4 is 34.2 Å². The highest BCUT2D eigenvalue weighted by Gasteiger charge is 2.14. The zero-order valence-corrected chi connectivity index (χ0v) is 13.1. The highest BCUT2D eigenvalue weighted by molar-refractivity contribution is 14.1. The normalized spacial score (nSPS) is 10.1. The number of para-hydroxylation sites is 1. The number of nitrogens with two attached hydrogens (primary N) is 1. The smallest absolute Gasteiger partial charge is 0.340 e. The standard InChI is InChI=1S/C15H14INO3/c1-2-19-15(18)12-4-3-5-13(14(12)17)20-11-8-6-10(16)7-9-11/h3-9H,2,17H2,1H3. The second kappa shape index (κ2) is 6.60. The molecule has 0 spiro atoms. The number of benzene rings is 2. The molecule has 0 bridgehead atoms. The van der Waals surface area contributed by atoms with E-state index in [2.05, 4.69) is 22.6 Å². The van der Waals surface area contributed by atoms with Crippen LogP contribution in [-0.4, -0.2) is 12.6 Å². The molecule has 0 aliphatic carbocycles. The van der Waals surface area contributed by atoms with Crippen molar-refractivity contribution in [2.75, 3.05) is 12.3 Å². The van der Waals surface area contributed by atoms with Gasteiger partial charge in [0.25, 0.3) is 0 Å². The minimum absolute atomic E-state index is 0.282. The van der Waals surface area contributed by atoms with Gasteiger partial charge in [-0.25, -0.2) is 4.79 Å². The van der Waals surface area contributed by atoms with Crippen LogP contribution in [0.5, 0.6) is 11.5 Å². The molecule has 2 aromatic rings. The van der Waals surface area contributed by atoms with Gasteiger partial charge in [-0.3, -0.25) is 0 Å². The molecule has 0 unspecified atom stereocenters. The first-order valence-corrected chi connectivity index (χ1v) is 7.18. The molecule has 0 heterocycles. The molecular formula is C15H14INO3. The van der Waals surface area contributed by atoms with Crippen LogP contribution in [0.1, 0.15) is 17.3 Å². The fourth-order valence-electron chi connectivity index (χ4n) is 1.65. The lowest BCUT2D eigenvalue weighted by Gasteiger charge is -2.11. The van der Waals surface area contributed by atoms with Gasteiger partial charge in [-0.2, -0.15) is 0 Å². The number of hydrogen-bond acceptors (Lipinski definition) is 4. The Bertz CT molecular complexity index is 611. The number of nitrogen functional groups attached to an aromatic ring is 1. The topological polar surface area (TPSA) is 61.5 Å². The molecule has 4 nitrogen and oxygen atoms in total. The molecule has 0 aliphatic rings. The molecule has 2 aromatic carbocycles. The van der Waals surface area contributed by atoms with E-state index in [1.807, 2.05) is 24.3 Å². The van der Waals surface area contributed by atoms with Crippen molar-refractivity contribution in [3.8, 4) is 11.5 Å². The van der Waals surface area contributed by atoms with Crippen LogP contribution in [0.3, 0.4) is 0 Å². The van der Waals surface area contributed by atoms with Gasteiger partial charge in [0, 0.05) is 3.57 Å². The van der Waals surface area contributed by atoms with Gasteiger partial charge in [0.05, 0.1) is 17.9 Å². The third kappa shape index (κ3) is 3.41. The van der Waals surface area contributed by atoms with Crippen LogP contribution in [-0.2, 0) is 4.74 Å². The van der Waals surface area contributed by atoms with Gasteiger partial charge in [-0.15, -0.1) is 0 Å². The molecule has 2 rings (SSSR count). The van der Waals surface area contributed by atoms with E-state index in [0.717, 1.165) is 3.57 Å². The van der Waals surface area contributed by atoms with Crippen molar-refractivity contribution in [3.63, 3.8) is 0 Å². The molecule has 0 saturated carbocycles. The highest BCUT2D eigenvalue weighted by atomic mass is 127. The van der Waals surface area contributed by atoms with Crippen LogP contribution in [0, 0.1) is 3.57 Å². The molecule has 104 valence electrons. The van der Waals surface area contributed by atoms with E-state index in [9.17, 15) is 4.79 Å². The Morgan fingerprint density at radius 3 is 2.55 bits per heavy atom. The first-order valence-electron chi connectivity index (χ1n) is 6.11. The summed E-state index contributed by atoms with van der Waals surface area (Å²) >= 11 is 2.22. The van der Waals surface area contributed by atoms with E-state index in [-0.39, 0.29) is 5.69 Å². The van der Waals surface area contributed by atoms with Crippen LogP contribution >= 0.6 is 22.6 Å². The van der Waals surface area contributed by atoms with Gasteiger partial charge in [0.1, 0.15) is 5.75 Å². The van der Waals surface area contributed by atoms with Crippen molar-refractivity contribution in [2.45, 2.75) is 6.92 Å². The largest absolute Gasteiger partial charge is 0.462 e. The number of anilines is 1. The number of rotatable bonds is 4. The minimum Gasteiger partial charge on any atom is -0.462 e. The lowest BCUT2D eigenvalue weighted by molar-refractivity contribution is 0.0527. The zero-order chi connectivity index (χ0) is 14.5. The predicted molar refractivity (Wildman–Crippen MR) is 86.0 cm³/mol. The van der Waals surface area contributed by atoms with E-state index in [4.69, 9.17) is 15.2 Å². The van der Waals surface area contributed by atoms with Crippen LogP contribution in [0.15, 0.2) is 42.5 Å². The number of ether oxygens (including phenoxy) is 2.